The zero-order chi connectivity index (χ0) is 24.1. The van der Waals surface area contributed by atoms with Crippen LogP contribution in [0.3, 0.4) is 0 Å². The van der Waals surface area contributed by atoms with Gasteiger partial charge in [0, 0.05) is 5.75 Å². The fraction of sp³-hybridized carbons (Fsp3) is 0.625. The van der Waals surface area contributed by atoms with Gasteiger partial charge < -0.3 is 38.3 Å². The molecule has 15 heteroatoms. The van der Waals surface area contributed by atoms with Gasteiger partial charge >= 0.3 is 5.97 Å². The molecule has 0 aromatic rings. The fourth-order valence-electron chi connectivity index (χ4n) is 2.23. The second kappa shape index (κ2) is 14.5. The molecule has 0 fully saturated rings. The Labute approximate surface area is 188 Å². The lowest BCUT2D eigenvalue weighted by atomic mass is 10.1. The maximum Gasteiger partial charge on any atom is 0.326 e. The molecule has 0 aliphatic carbocycles. The zero-order valence-electron chi connectivity index (χ0n) is 16.8. The molecule has 0 spiro atoms. The third kappa shape index (κ3) is 11.4. The van der Waals surface area contributed by atoms with E-state index in [1.165, 1.54) is 11.8 Å². The Hall–Kier alpha value is -2.52. The molecule has 5 amide bonds. The van der Waals surface area contributed by atoms with Gasteiger partial charge in [0.1, 0.15) is 18.1 Å². The van der Waals surface area contributed by atoms with Crippen molar-refractivity contribution in [2.45, 2.75) is 43.4 Å². The van der Waals surface area contributed by atoms with Crippen LogP contribution >= 0.6 is 24.4 Å². The highest BCUT2D eigenvalue weighted by molar-refractivity contribution is 7.98. The lowest BCUT2D eigenvalue weighted by molar-refractivity contribution is -0.142. The SMILES string of the molecule is CSCCC(NC(=O)C(CC(N)=O)NC(=O)C(CS)NC(=O)C(N)CC(N)=O)C(=O)O. The van der Waals surface area contributed by atoms with E-state index in [1.807, 2.05) is 0 Å². The van der Waals surface area contributed by atoms with Crippen LogP contribution in [-0.4, -0.2) is 82.5 Å². The topological polar surface area (TPSA) is 237 Å². The summed E-state index contributed by atoms with van der Waals surface area (Å²) in [7, 11) is 0. The van der Waals surface area contributed by atoms with E-state index in [-0.39, 0.29) is 12.2 Å². The number of nitrogens with one attached hydrogen (secondary N) is 3. The Bertz CT molecular complexity index is 693. The molecule has 0 saturated heterocycles. The second-order valence-corrected chi connectivity index (χ2v) is 7.78. The number of thiol groups is 1. The number of primary amides is 2. The first-order valence-electron chi connectivity index (χ1n) is 8.98. The Morgan fingerprint density at radius 3 is 1.81 bits per heavy atom. The molecule has 13 nitrogen and oxygen atoms in total. The van der Waals surface area contributed by atoms with Crippen molar-refractivity contribution in [3.8, 4) is 0 Å². The molecule has 0 radical (unpaired) electrons. The first-order valence-corrected chi connectivity index (χ1v) is 11.0. The van der Waals surface area contributed by atoms with Gasteiger partial charge in [0.2, 0.25) is 29.5 Å². The monoisotopic (exact) mass is 480 g/mol. The van der Waals surface area contributed by atoms with E-state index in [1.54, 1.807) is 6.26 Å². The summed E-state index contributed by atoms with van der Waals surface area (Å²) in [4.78, 5) is 70.5. The van der Waals surface area contributed by atoms with Crippen molar-refractivity contribution in [1.82, 2.24) is 16.0 Å². The minimum atomic E-state index is -1.49. The number of amides is 5. The molecule has 0 aliphatic rings. The van der Waals surface area contributed by atoms with E-state index in [4.69, 9.17) is 17.2 Å². The summed E-state index contributed by atoms with van der Waals surface area (Å²) in [6.07, 6.45) is 0.817. The summed E-state index contributed by atoms with van der Waals surface area (Å²) >= 11 is 5.33. The van der Waals surface area contributed by atoms with Crippen LogP contribution < -0.4 is 33.2 Å². The minimum Gasteiger partial charge on any atom is -0.480 e. The number of nitrogens with two attached hydrogens (primary N) is 3. The standard InChI is InChI=1S/C16H28N6O7S2/c1-31-3-2-8(16(28)29)20-14(26)9(5-12(19)24)21-15(27)10(6-30)22-13(25)7(17)4-11(18)23/h7-10,30H,2-6,17H2,1H3,(H2,18,23)(H2,19,24)(H,20,26)(H,21,27)(H,22,25)(H,28,29). The molecule has 4 atom stereocenters. The van der Waals surface area contributed by atoms with Gasteiger partial charge in [-0.3, -0.25) is 24.0 Å². The molecule has 10 N–H and O–H groups in total. The molecule has 0 rings (SSSR count). The van der Waals surface area contributed by atoms with Gasteiger partial charge in [-0.25, -0.2) is 4.79 Å². The lowest BCUT2D eigenvalue weighted by Crippen LogP contribution is -2.58. The summed E-state index contributed by atoms with van der Waals surface area (Å²) in [5, 5.41) is 16.0. The van der Waals surface area contributed by atoms with Crippen LogP contribution in [0, 0.1) is 0 Å². The van der Waals surface area contributed by atoms with Crippen molar-refractivity contribution in [3.05, 3.63) is 0 Å². The molecular weight excluding hydrogens is 452 g/mol. The molecule has 0 aliphatic heterocycles. The van der Waals surface area contributed by atoms with Gasteiger partial charge in [-0.2, -0.15) is 24.4 Å². The summed E-state index contributed by atoms with van der Waals surface area (Å²) in [6.45, 7) is 0. The Morgan fingerprint density at radius 1 is 0.871 bits per heavy atom. The van der Waals surface area contributed by atoms with Crippen LogP contribution in [0.1, 0.15) is 19.3 Å². The van der Waals surface area contributed by atoms with Crippen molar-refractivity contribution in [1.29, 1.82) is 0 Å². The van der Waals surface area contributed by atoms with Gasteiger partial charge in [-0.05, 0) is 18.4 Å². The second-order valence-electron chi connectivity index (χ2n) is 6.43. The first kappa shape index (κ1) is 28.5. The van der Waals surface area contributed by atoms with Crippen LogP contribution in [0.15, 0.2) is 0 Å². The fourth-order valence-corrected chi connectivity index (χ4v) is 2.96. The van der Waals surface area contributed by atoms with Crippen LogP contribution in [0.2, 0.25) is 0 Å². The van der Waals surface area contributed by atoms with Crippen molar-refractivity contribution in [2.24, 2.45) is 17.2 Å². The molecule has 0 saturated carbocycles. The number of carboxylic acids is 1. The average molecular weight is 481 g/mol. The van der Waals surface area contributed by atoms with Gasteiger partial charge in [0.05, 0.1) is 18.9 Å². The predicted molar refractivity (Wildman–Crippen MR) is 116 cm³/mol. The molecule has 0 bridgehead atoms. The smallest absolute Gasteiger partial charge is 0.326 e. The van der Waals surface area contributed by atoms with Crippen LogP contribution in [0.5, 0.6) is 0 Å². The van der Waals surface area contributed by atoms with Crippen molar-refractivity contribution < 1.29 is 33.9 Å². The molecule has 0 aromatic carbocycles. The Balaban J connectivity index is 5.25. The molecular formula is C16H28N6O7S2. The number of carboxylic acid groups (broad SMARTS) is 1. The summed E-state index contributed by atoms with van der Waals surface area (Å²) < 4.78 is 0. The van der Waals surface area contributed by atoms with E-state index in [0.29, 0.717) is 5.75 Å². The normalized spacial score (nSPS) is 14.4. The predicted octanol–water partition coefficient (Wildman–Crippen LogP) is -3.71. The van der Waals surface area contributed by atoms with Crippen molar-refractivity contribution in [3.63, 3.8) is 0 Å². The van der Waals surface area contributed by atoms with Crippen molar-refractivity contribution in [2.75, 3.05) is 17.8 Å². The highest BCUT2D eigenvalue weighted by atomic mass is 32.2. The minimum absolute atomic E-state index is 0.118. The highest BCUT2D eigenvalue weighted by Gasteiger charge is 2.30. The summed E-state index contributed by atoms with van der Waals surface area (Å²) in [6, 6.07) is -5.30. The van der Waals surface area contributed by atoms with Crippen LogP contribution in [0.4, 0.5) is 0 Å². The van der Waals surface area contributed by atoms with E-state index < -0.39 is 72.5 Å². The van der Waals surface area contributed by atoms with E-state index in [2.05, 4.69) is 28.6 Å². The van der Waals surface area contributed by atoms with Gasteiger partial charge in [0.15, 0.2) is 0 Å². The Morgan fingerprint density at radius 2 is 1.35 bits per heavy atom. The number of carbonyl (C=O) groups excluding carboxylic acids is 5. The number of hydrogen-bond donors (Lipinski definition) is 8. The number of aliphatic carboxylic acids is 1. The van der Waals surface area contributed by atoms with E-state index in [0.717, 1.165) is 0 Å². The summed E-state index contributed by atoms with van der Waals surface area (Å²) in [5.74, 6) is -5.47. The molecule has 0 heterocycles. The van der Waals surface area contributed by atoms with E-state index in [9.17, 15) is 33.9 Å². The third-order valence-electron chi connectivity index (χ3n) is 3.84. The number of hydrogen-bond acceptors (Lipinski definition) is 9. The molecule has 0 aromatic heterocycles. The number of carbonyl (C=O) groups is 6. The van der Waals surface area contributed by atoms with Crippen LogP contribution in [0.25, 0.3) is 0 Å². The molecule has 31 heavy (non-hydrogen) atoms. The first-order chi connectivity index (χ1) is 14.4. The highest BCUT2D eigenvalue weighted by Crippen LogP contribution is 2.03. The number of rotatable bonds is 15. The maximum atomic E-state index is 12.5. The Kier molecular flexibility index (Phi) is 13.3. The number of thioether (sulfide) groups is 1. The molecule has 4 unspecified atom stereocenters. The average Bonchev–Trinajstić information content (AvgIpc) is 2.66. The van der Waals surface area contributed by atoms with Gasteiger partial charge in [0.25, 0.3) is 0 Å². The lowest BCUT2D eigenvalue weighted by Gasteiger charge is -2.23. The third-order valence-corrected chi connectivity index (χ3v) is 4.85. The maximum absolute atomic E-state index is 12.5. The van der Waals surface area contributed by atoms with Gasteiger partial charge in [-0.1, -0.05) is 0 Å². The van der Waals surface area contributed by atoms with Crippen molar-refractivity contribution >= 4 is 59.9 Å². The summed E-state index contributed by atoms with van der Waals surface area (Å²) in [5.41, 5.74) is 15.6. The zero-order valence-corrected chi connectivity index (χ0v) is 18.5. The molecule has 176 valence electrons. The van der Waals surface area contributed by atoms with Gasteiger partial charge in [-0.15, -0.1) is 0 Å². The van der Waals surface area contributed by atoms with Crippen LogP contribution in [-0.2, 0) is 28.8 Å². The quantitative estimate of drug-likeness (QED) is 0.107. The largest absolute Gasteiger partial charge is 0.480 e. The van der Waals surface area contributed by atoms with E-state index >= 15 is 0 Å².